The number of pyridine rings is 1. The molecule has 0 unspecified atom stereocenters. The fourth-order valence-corrected chi connectivity index (χ4v) is 1.99. The van der Waals surface area contributed by atoms with Crippen molar-refractivity contribution in [2.45, 2.75) is 6.42 Å². The molecule has 15 heavy (non-hydrogen) atoms. The van der Waals surface area contributed by atoms with Gasteiger partial charge in [-0.3, -0.25) is 4.40 Å². The van der Waals surface area contributed by atoms with Crippen LogP contribution in [0.3, 0.4) is 0 Å². The summed E-state index contributed by atoms with van der Waals surface area (Å²) in [6.07, 6.45) is 2.74. The Morgan fingerprint density at radius 1 is 1.47 bits per heavy atom. The zero-order chi connectivity index (χ0) is 10.3. The van der Waals surface area contributed by atoms with Crippen LogP contribution < -0.4 is 5.32 Å². The van der Waals surface area contributed by atoms with E-state index in [1.165, 1.54) is 0 Å². The largest absolute Gasteiger partial charge is 0.494 e. The first kappa shape index (κ1) is 8.73. The van der Waals surface area contributed by atoms with Gasteiger partial charge in [0.1, 0.15) is 5.82 Å². The highest BCUT2D eigenvalue weighted by molar-refractivity contribution is 5.48. The Hall–Kier alpha value is -1.55. The van der Waals surface area contributed by atoms with Crippen LogP contribution >= 0.6 is 0 Å². The van der Waals surface area contributed by atoms with Crippen molar-refractivity contribution >= 4 is 5.52 Å². The Labute approximate surface area is 87.6 Å². The van der Waals surface area contributed by atoms with Gasteiger partial charge in [0.25, 0.3) is 0 Å². The molecule has 3 rings (SSSR count). The molecule has 1 aliphatic heterocycles. The molecule has 2 N–H and O–H groups in total. The Morgan fingerprint density at radius 2 is 2.33 bits per heavy atom. The predicted octanol–water partition coefficient (Wildman–Crippen LogP) is 0.802. The van der Waals surface area contributed by atoms with Gasteiger partial charge in [-0.2, -0.15) is 0 Å². The van der Waals surface area contributed by atoms with Gasteiger partial charge >= 0.3 is 0 Å². The van der Waals surface area contributed by atoms with Crippen LogP contribution in [0.4, 0.5) is 0 Å². The van der Waals surface area contributed by atoms with Crippen LogP contribution in [-0.4, -0.2) is 27.6 Å². The maximum absolute atomic E-state index is 9.75. The summed E-state index contributed by atoms with van der Waals surface area (Å²) >= 11 is 0. The van der Waals surface area contributed by atoms with Crippen molar-refractivity contribution in [3.05, 3.63) is 30.2 Å². The molecule has 2 aromatic rings. The minimum Gasteiger partial charge on any atom is -0.494 e. The molecule has 3 heterocycles. The summed E-state index contributed by atoms with van der Waals surface area (Å²) in [5, 5.41) is 13.0. The lowest BCUT2D eigenvalue weighted by Crippen LogP contribution is -2.43. The van der Waals surface area contributed by atoms with Gasteiger partial charge in [-0.05, 0) is 31.1 Å². The Kier molecular flexibility index (Phi) is 1.89. The van der Waals surface area contributed by atoms with Crippen molar-refractivity contribution in [2.75, 3.05) is 13.1 Å². The second-order valence-electron chi connectivity index (χ2n) is 4.05. The van der Waals surface area contributed by atoms with Crippen molar-refractivity contribution in [3.63, 3.8) is 0 Å². The first-order chi connectivity index (χ1) is 7.34. The highest BCUT2D eigenvalue weighted by Gasteiger charge is 2.19. The maximum Gasteiger partial charge on any atom is 0.197 e. The number of fused-ring (bicyclic) bond motifs is 1. The molecule has 2 aromatic heterocycles. The van der Waals surface area contributed by atoms with Crippen LogP contribution in [0.15, 0.2) is 24.4 Å². The van der Waals surface area contributed by atoms with Crippen LogP contribution in [0.1, 0.15) is 5.82 Å². The van der Waals surface area contributed by atoms with Gasteiger partial charge in [0.15, 0.2) is 5.88 Å². The minimum atomic E-state index is 0.271. The fraction of sp³-hybridized carbons (Fsp3) is 0.364. The van der Waals surface area contributed by atoms with E-state index in [1.807, 2.05) is 16.5 Å². The first-order valence-electron chi connectivity index (χ1n) is 5.19. The number of aromatic nitrogens is 2. The lowest BCUT2D eigenvalue weighted by molar-refractivity contribution is 0.338. The summed E-state index contributed by atoms with van der Waals surface area (Å²) in [7, 11) is 0. The van der Waals surface area contributed by atoms with E-state index in [9.17, 15) is 5.11 Å². The smallest absolute Gasteiger partial charge is 0.197 e. The number of hydrogen-bond donors (Lipinski definition) is 2. The summed E-state index contributed by atoms with van der Waals surface area (Å²) in [6.45, 7) is 2.12. The van der Waals surface area contributed by atoms with Crippen molar-refractivity contribution in [1.82, 2.24) is 14.7 Å². The Morgan fingerprint density at radius 3 is 3.07 bits per heavy atom. The molecule has 1 aliphatic rings. The zero-order valence-corrected chi connectivity index (χ0v) is 8.35. The molecule has 0 radical (unpaired) electrons. The molecule has 1 fully saturated rings. The number of rotatable bonds is 2. The van der Waals surface area contributed by atoms with Gasteiger partial charge in [-0.1, -0.05) is 6.07 Å². The maximum atomic E-state index is 9.75. The summed E-state index contributed by atoms with van der Waals surface area (Å²) < 4.78 is 1.82. The van der Waals surface area contributed by atoms with Crippen LogP contribution in [0.25, 0.3) is 5.52 Å². The van der Waals surface area contributed by atoms with Gasteiger partial charge < -0.3 is 10.4 Å². The second kappa shape index (κ2) is 3.24. The van der Waals surface area contributed by atoms with E-state index in [0.717, 1.165) is 30.9 Å². The average molecular weight is 203 g/mol. The minimum absolute atomic E-state index is 0.271. The first-order valence-corrected chi connectivity index (χ1v) is 5.19. The van der Waals surface area contributed by atoms with Crippen molar-refractivity contribution < 1.29 is 5.11 Å². The Bertz CT molecular complexity index is 488. The van der Waals surface area contributed by atoms with E-state index >= 15 is 0 Å². The molecule has 0 bridgehead atoms. The molecule has 0 aromatic carbocycles. The summed E-state index contributed by atoms with van der Waals surface area (Å²) in [5.74, 6) is 1.89. The lowest BCUT2D eigenvalue weighted by atomic mass is 9.99. The van der Waals surface area contributed by atoms with E-state index < -0.39 is 0 Å². The van der Waals surface area contributed by atoms with E-state index in [1.54, 1.807) is 12.3 Å². The predicted molar refractivity (Wildman–Crippen MR) is 56.9 cm³/mol. The summed E-state index contributed by atoms with van der Waals surface area (Å²) in [5.41, 5.74) is 0.956. The lowest BCUT2D eigenvalue weighted by Gasteiger charge is -2.26. The molecular formula is C11H13N3O. The van der Waals surface area contributed by atoms with Gasteiger partial charge in [0.2, 0.25) is 0 Å². The molecule has 0 atom stereocenters. The second-order valence-corrected chi connectivity index (χ2v) is 4.05. The van der Waals surface area contributed by atoms with Crippen LogP contribution in [0.5, 0.6) is 5.88 Å². The highest BCUT2D eigenvalue weighted by Crippen LogP contribution is 2.19. The molecule has 0 amide bonds. The third-order valence-corrected chi connectivity index (χ3v) is 2.94. The third-order valence-electron chi connectivity index (χ3n) is 2.94. The van der Waals surface area contributed by atoms with Gasteiger partial charge in [-0.15, -0.1) is 0 Å². The van der Waals surface area contributed by atoms with Crippen LogP contribution in [-0.2, 0) is 6.42 Å². The normalized spacial score (nSPS) is 16.8. The molecule has 78 valence electrons. The van der Waals surface area contributed by atoms with E-state index in [2.05, 4.69) is 10.3 Å². The molecule has 0 spiro atoms. The number of nitrogens with zero attached hydrogens (tertiary/aromatic N) is 2. The average Bonchev–Trinajstić information content (AvgIpc) is 2.56. The van der Waals surface area contributed by atoms with Crippen molar-refractivity contribution in [2.24, 2.45) is 5.92 Å². The quantitative estimate of drug-likeness (QED) is 0.759. The number of aromatic hydroxyl groups is 1. The van der Waals surface area contributed by atoms with Crippen molar-refractivity contribution in [3.8, 4) is 5.88 Å². The standard InChI is InChI=1S/C11H13N3O/c15-11-3-1-2-9-7-13-10(14(9)11)4-8-5-12-6-8/h1-3,7-8,12,15H,4-6H2. The zero-order valence-electron chi connectivity index (χ0n) is 8.35. The number of imidazole rings is 1. The molecule has 0 aliphatic carbocycles. The van der Waals surface area contributed by atoms with E-state index in [4.69, 9.17) is 0 Å². The third kappa shape index (κ3) is 1.37. The van der Waals surface area contributed by atoms with Crippen LogP contribution in [0.2, 0.25) is 0 Å². The molecule has 1 saturated heterocycles. The molecule has 0 saturated carbocycles. The summed E-state index contributed by atoms with van der Waals surface area (Å²) in [6, 6.07) is 5.48. The molecule has 4 heteroatoms. The number of hydrogen-bond acceptors (Lipinski definition) is 3. The van der Waals surface area contributed by atoms with Gasteiger partial charge in [0.05, 0.1) is 11.7 Å². The van der Waals surface area contributed by atoms with E-state index in [-0.39, 0.29) is 5.88 Å². The monoisotopic (exact) mass is 203 g/mol. The van der Waals surface area contributed by atoms with Crippen LogP contribution in [0, 0.1) is 5.92 Å². The number of nitrogens with one attached hydrogen (secondary N) is 1. The Balaban J connectivity index is 2.02. The van der Waals surface area contributed by atoms with Gasteiger partial charge in [-0.25, -0.2) is 4.98 Å². The van der Waals surface area contributed by atoms with Crippen molar-refractivity contribution in [1.29, 1.82) is 0 Å². The molecule has 4 nitrogen and oxygen atoms in total. The van der Waals surface area contributed by atoms with E-state index in [0.29, 0.717) is 5.92 Å². The topological polar surface area (TPSA) is 49.6 Å². The fourth-order valence-electron chi connectivity index (χ4n) is 1.99. The highest BCUT2D eigenvalue weighted by atomic mass is 16.3. The summed E-state index contributed by atoms with van der Waals surface area (Å²) in [4.78, 5) is 4.35. The SMILES string of the molecule is Oc1cccc2cnc(CC3CNC3)n12. The molecular weight excluding hydrogens is 190 g/mol. The van der Waals surface area contributed by atoms with Gasteiger partial charge in [0, 0.05) is 6.42 Å².